The summed E-state index contributed by atoms with van der Waals surface area (Å²) < 4.78 is 28.2. The van der Waals surface area contributed by atoms with Crippen molar-refractivity contribution in [1.82, 2.24) is 14.8 Å². The van der Waals surface area contributed by atoms with Gasteiger partial charge in [-0.2, -0.15) is 0 Å². The van der Waals surface area contributed by atoms with Crippen LogP contribution in [0, 0.1) is 11.6 Å². The van der Waals surface area contributed by atoms with Gasteiger partial charge in [-0.1, -0.05) is 0 Å². The van der Waals surface area contributed by atoms with Crippen LogP contribution in [0.4, 0.5) is 20.4 Å². The molecule has 7 heteroatoms. The SMILES string of the molecule is CNc1nnc(-c2cc(N)c(F)cc2F)n1C. The number of nitrogens with zero attached hydrogens (tertiary/aromatic N) is 3. The molecule has 0 unspecified atom stereocenters. The van der Waals surface area contributed by atoms with E-state index in [2.05, 4.69) is 15.5 Å². The number of hydrogen-bond acceptors (Lipinski definition) is 4. The molecule has 0 aliphatic heterocycles. The third-order valence-electron chi connectivity index (χ3n) is 2.43. The van der Waals surface area contributed by atoms with Crippen LogP contribution in [-0.4, -0.2) is 21.8 Å². The average molecular weight is 239 g/mol. The van der Waals surface area contributed by atoms with Gasteiger partial charge in [0.25, 0.3) is 0 Å². The second-order valence-electron chi connectivity index (χ2n) is 3.51. The molecule has 0 saturated carbocycles. The molecule has 5 nitrogen and oxygen atoms in total. The number of nitrogen functional groups attached to an aromatic ring is 1. The third-order valence-corrected chi connectivity index (χ3v) is 2.43. The summed E-state index contributed by atoms with van der Waals surface area (Å²) in [5.41, 5.74) is 5.38. The number of halogens is 2. The molecule has 2 aromatic rings. The van der Waals surface area contributed by atoms with Gasteiger partial charge in [0.05, 0.1) is 11.3 Å². The highest BCUT2D eigenvalue weighted by atomic mass is 19.1. The summed E-state index contributed by atoms with van der Waals surface area (Å²) in [7, 11) is 3.34. The van der Waals surface area contributed by atoms with Crippen molar-refractivity contribution in [2.45, 2.75) is 0 Å². The molecular weight excluding hydrogens is 228 g/mol. The van der Waals surface area contributed by atoms with Gasteiger partial charge in [-0.15, -0.1) is 10.2 Å². The van der Waals surface area contributed by atoms with Crippen molar-refractivity contribution in [3.63, 3.8) is 0 Å². The molecule has 0 fully saturated rings. The molecule has 0 radical (unpaired) electrons. The van der Waals surface area contributed by atoms with E-state index in [9.17, 15) is 8.78 Å². The van der Waals surface area contributed by atoms with Crippen LogP contribution in [-0.2, 0) is 7.05 Å². The molecule has 1 heterocycles. The molecule has 3 N–H and O–H groups in total. The Kier molecular flexibility index (Phi) is 2.66. The fourth-order valence-electron chi connectivity index (χ4n) is 1.52. The number of anilines is 2. The highest BCUT2D eigenvalue weighted by Crippen LogP contribution is 2.26. The zero-order valence-corrected chi connectivity index (χ0v) is 9.33. The molecule has 0 aliphatic carbocycles. The van der Waals surface area contributed by atoms with Gasteiger partial charge in [-0.25, -0.2) is 8.78 Å². The summed E-state index contributed by atoms with van der Waals surface area (Å²) in [6.45, 7) is 0. The van der Waals surface area contributed by atoms with E-state index >= 15 is 0 Å². The van der Waals surface area contributed by atoms with Crippen LogP contribution in [0.5, 0.6) is 0 Å². The molecule has 1 aromatic carbocycles. The van der Waals surface area contributed by atoms with E-state index < -0.39 is 11.6 Å². The van der Waals surface area contributed by atoms with E-state index in [1.165, 1.54) is 6.07 Å². The first-order valence-corrected chi connectivity index (χ1v) is 4.86. The summed E-state index contributed by atoms with van der Waals surface area (Å²) >= 11 is 0. The standard InChI is InChI=1S/C10H11F2N5/c1-14-10-16-15-9(17(10)2)5-3-8(13)7(12)4-6(5)11/h3-4H,13H2,1-2H3,(H,14,16). The zero-order valence-electron chi connectivity index (χ0n) is 9.33. The monoisotopic (exact) mass is 239 g/mol. The van der Waals surface area contributed by atoms with Gasteiger partial charge in [-0.3, -0.25) is 4.57 Å². The Balaban J connectivity index is 2.60. The minimum atomic E-state index is -0.790. The molecular formula is C10H11F2N5. The molecule has 0 atom stereocenters. The van der Waals surface area contributed by atoms with Crippen LogP contribution in [0.1, 0.15) is 0 Å². The molecule has 0 amide bonds. The third kappa shape index (κ3) is 1.79. The molecule has 2 rings (SSSR count). The van der Waals surface area contributed by atoms with Gasteiger partial charge in [0.2, 0.25) is 5.95 Å². The molecule has 0 saturated heterocycles. The lowest BCUT2D eigenvalue weighted by Crippen LogP contribution is -2.02. The van der Waals surface area contributed by atoms with Crippen molar-refractivity contribution in [2.24, 2.45) is 7.05 Å². The van der Waals surface area contributed by atoms with Gasteiger partial charge in [-0.05, 0) is 6.07 Å². The highest BCUT2D eigenvalue weighted by Gasteiger charge is 2.16. The summed E-state index contributed by atoms with van der Waals surface area (Å²) in [5, 5.41) is 10.4. The first-order valence-electron chi connectivity index (χ1n) is 4.86. The normalized spacial score (nSPS) is 10.6. The number of nitrogens with two attached hydrogens (primary N) is 1. The van der Waals surface area contributed by atoms with E-state index in [4.69, 9.17) is 5.73 Å². The predicted molar refractivity (Wildman–Crippen MR) is 60.3 cm³/mol. The summed E-state index contributed by atoms with van der Waals surface area (Å²) in [5.74, 6) is -0.766. The number of nitrogens with one attached hydrogen (secondary N) is 1. The van der Waals surface area contributed by atoms with Crippen molar-refractivity contribution in [1.29, 1.82) is 0 Å². The van der Waals surface area contributed by atoms with Gasteiger partial charge in [0.1, 0.15) is 11.6 Å². The lowest BCUT2D eigenvalue weighted by molar-refractivity contribution is 0.587. The van der Waals surface area contributed by atoms with Crippen LogP contribution < -0.4 is 11.1 Å². The largest absolute Gasteiger partial charge is 0.396 e. The van der Waals surface area contributed by atoms with Gasteiger partial charge in [0, 0.05) is 20.2 Å². The Labute approximate surface area is 96.3 Å². The maximum absolute atomic E-state index is 13.6. The summed E-state index contributed by atoms with van der Waals surface area (Å²) in [6, 6.07) is 1.94. The Hall–Kier alpha value is -2.18. The second kappa shape index (κ2) is 4.00. The first-order chi connectivity index (χ1) is 8.04. The van der Waals surface area contributed by atoms with Gasteiger partial charge >= 0.3 is 0 Å². The van der Waals surface area contributed by atoms with E-state index in [-0.39, 0.29) is 17.1 Å². The Morgan fingerprint density at radius 3 is 2.53 bits per heavy atom. The average Bonchev–Trinajstić information content (AvgIpc) is 2.65. The van der Waals surface area contributed by atoms with E-state index in [1.807, 2.05) is 0 Å². The van der Waals surface area contributed by atoms with Crippen molar-refractivity contribution in [3.05, 3.63) is 23.8 Å². The lowest BCUT2D eigenvalue weighted by atomic mass is 10.1. The molecule has 1 aromatic heterocycles. The van der Waals surface area contributed by atoms with E-state index in [0.717, 1.165) is 6.07 Å². The summed E-state index contributed by atoms with van der Waals surface area (Å²) in [4.78, 5) is 0. The number of aromatic nitrogens is 3. The zero-order chi connectivity index (χ0) is 12.6. The maximum Gasteiger partial charge on any atom is 0.224 e. The lowest BCUT2D eigenvalue weighted by Gasteiger charge is -2.06. The molecule has 0 bridgehead atoms. The van der Waals surface area contributed by atoms with Gasteiger partial charge in [0.15, 0.2) is 5.82 Å². The van der Waals surface area contributed by atoms with E-state index in [0.29, 0.717) is 5.95 Å². The van der Waals surface area contributed by atoms with Crippen LogP contribution in [0.2, 0.25) is 0 Å². The minimum Gasteiger partial charge on any atom is -0.396 e. The van der Waals surface area contributed by atoms with Crippen molar-refractivity contribution < 1.29 is 8.78 Å². The second-order valence-corrected chi connectivity index (χ2v) is 3.51. The first kappa shape index (κ1) is 11.3. The molecule has 90 valence electrons. The van der Waals surface area contributed by atoms with Crippen molar-refractivity contribution >= 4 is 11.6 Å². The highest BCUT2D eigenvalue weighted by molar-refractivity contribution is 5.63. The van der Waals surface area contributed by atoms with Crippen LogP contribution in [0.25, 0.3) is 11.4 Å². The number of hydrogen-bond donors (Lipinski definition) is 2. The van der Waals surface area contributed by atoms with Crippen molar-refractivity contribution in [2.75, 3.05) is 18.1 Å². The number of rotatable bonds is 2. The predicted octanol–water partition coefficient (Wildman–Crippen LogP) is 1.38. The Morgan fingerprint density at radius 1 is 1.24 bits per heavy atom. The van der Waals surface area contributed by atoms with Crippen LogP contribution in [0.3, 0.4) is 0 Å². The topological polar surface area (TPSA) is 68.8 Å². The van der Waals surface area contributed by atoms with Crippen LogP contribution in [0.15, 0.2) is 12.1 Å². The fourth-order valence-corrected chi connectivity index (χ4v) is 1.52. The van der Waals surface area contributed by atoms with Crippen molar-refractivity contribution in [3.8, 4) is 11.4 Å². The minimum absolute atomic E-state index is 0.111. The maximum atomic E-state index is 13.6. The number of benzene rings is 1. The quantitative estimate of drug-likeness (QED) is 0.777. The molecule has 0 aliphatic rings. The smallest absolute Gasteiger partial charge is 0.224 e. The molecule has 0 spiro atoms. The Bertz CT molecular complexity index is 564. The van der Waals surface area contributed by atoms with Crippen LogP contribution >= 0.6 is 0 Å². The fraction of sp³-hybridized carbons (Fsp3) is 0.200. The molecule has 17 heavy (non-hydrogen) atoms. The van der Waals surface area contributed by atoms with E-state index in [1.54, 1.807) is 18.7 Å². The van der Waals surface area contributed by atoms with Gasteiger partial charge < -0.3 is 11.1 Å². The summed E-state index contributed by atoms with van der Waals surface area (Å²) in [6.07, 6.45) is 0. The Morgan fingerprint density at radius 2 is 1.94 bits per heavy atom.